The van der Waals surface area contributed by atoms with Crippen LogP contribution in [0, 0.1) is 6.92 Å². The lowest BCUT2D eigenvalue weighted by molar-refractivity contribution is -0.143. The molecule has 5 nitrogen and oxygen atoms in total. The second-order valence-corrected chi connectivity index (χ2v) is 4.90. The number of carbonyl (C=O) groups is 2. The third kappa shape index (κ3) is 3.98. The molecule has 2 amide bonds. The molecule has 1 aromatic rings. The quantitative estimate of drug-likeness (QED) is 0.859. The number of nitrogens with zero attached hydrogens (tertiary/aromatic N) is 1. The maximum absolute atomic E-state index is 11.9. The highest BCUT2D eigenvalue weighted by Crippen LogP contribution is 2.25. The van der Waals surface area contributed by atoms with Crippen LogP contribution in [0.3, 0.4) is 0 Å². The lowest BCUT2D eigenvalue weighted by Crippen LogP contribution is -2.40. The molecule has 20 heavy (non-hydrogen) atoms. The van der Waals surface area contributed by atoms with E-state index in [9.17, 15) is 9.59 Å². The van der Waals surface area contributed by atoms with Crippen LogP contribution >= 0.6 is 0 Å². The Morgan fingerprint density at radius 3 is 2.55 bits per heavy atom. The van der Waals surface area contributed by atoms with Gasteiger partial charge in [-0.15, -0.1) is 0 Å². The van der Waals surface area contributed by atoms with Gasteiger partial charge in [-0.1, -0.05) is 6.07 Å². The number of hydrogen-bond donors (Lipinski definition) is 1. The summed E-state index contributed by atoms with van der Waals surface area (Å²) in [5.41, 5.74) is 1.53. The summed E-state index contributed by atoms with van der Waals surface area (Å²) < 4.78 is 5.47. The highest BCUT2D eigenvalue weighted by Gasteiger charge is 2.21. The summed E-state index contributed by atoms with van der Waals surface area (Å²) in [4.78, 5) is 25.2. The van der Waals surface area contributed by atoms with Crippen LogP contribution in [0.1, 0.15) is 26.3 Å². The third-order valence-corrected chi connectivity index (χ3v) is 2.97. The molecule has 0 spiro atoms. The molecule has 0 fully saturated rings. The number of likely N-dealkylation sites (N-methyl/N-ethyl adjacent to an activating group) is 1. The van der Waals surface area contributed by atoms with Crippen molar-refractivity contribution in [1.82, 2.24) is 4.90 Å². The molecule has 5 heteroatoms. The molecule has 110 valence electrons. The van der Waals surface area contributed by atoms with Gasteiger partial charge >= 0.3 is 11.8 Å². The van der Waals surface area contributed by atoms with Crippen LogP contribution in [0.25, 0.3) is 0 Å². The van der Waals surface area contributed by atoms with Crippen LogP contribution in [-0.2, 0) is 9.59 Å². The zero-order chi connectivity index (χ0) is 15.3. The van der Waals surface area contributed by atoms with E-state index in [1.165, 1.54) is 4.90 Å². The largest absolute Gasteiger partial charge is 0.492 e. The molecule has 0 bridgehead atoms. The average molecular weight is 278 g/mol. The summed E-state index contributed by atoms with van der Waals surface area (Å²) in [6.07, 6.45) is 0. The second kappa shape index (κ2) is 6.93. The lowest BCUT2D eigenvalue weighted by Gasteiger charge is -2.21. The minimum Gasteiger partial charge on any atom is -0.492 e. The Labute approximate surface area is 119 Å². The summed E-state index contributed by atoms with van der Waals surface area (Å²) in [7, 11) is 1.60. The molecule has 1 N–H and O–H groups in total. The molecule has 0 aliphatic rings. The van der Waals surface area contributed by atoms with Crippen LogP contribution in [0.2, 0.25) is 0 Å². The summed E-state index contributed by atoms with van der Waals surface area (Å²) in [5.74, 6) is -0.658. The van der Waals surface area contributed by atoms with E-state index in [1.54, 1.807) is 13.1 Å². The smallest absolute Gasteiger partial charge is 0.314 e. The lowest BCUT2D eigenvalue weighted by atomic mass is 10.2. The van der Waals surface area contributed by atoms with Crippen molar-refractivity contribution in [3.63, 3.8) is 0 Å². The Hall–Kier alpha value is -2.04. The molecule has 0 aliphatic carbocycles. The van der Waals surface area contributed by atoms with Gasteiger partial charge in [-0.3, -0.25) is 9.59 Å². The van der Waals surface area contributed by atoms with Crippen LogP contribution in [0.4, 0.5) is 5.69 Å². The van der Waals surface area contributed by atoms with Crippen LogP contribution in [0.15, 0.2) is 18.2 Å². The molecular weight excluding hydrogens is 256 g/mol. The first-order valence-corrected chi connectivity index (χ1v) is 6.68. The van der Waals surface area contributed by atoms with Crippen LogP contribution < -0.4 is 10.1 Å². The number of amides is 2. The number of carbonyl (C=O) groups excluding carboxylic acids is 2. The van der Waals surface area contributed by atoms with Gasteiger partial charge in [0.1, 0.15) is 5.75 Å². The van der Waals surface area contributed by atoms with E-state index in [-0.39, 0.29) is 6.04 Å². The van der Waals surface area contributed by atoms with Gasteiger partial charge < -0.3 is 15.0 Å². The number of ether oxygens (including phenoxy) is 1. The number of benzene rings is 1. The average Bonchev–Trinajstić information content (AvgIpc) is 2.40. The Morgan fingerprint density at radius 1 is 1.35 bits per heavy atom. The van der Waals surface area contributed by atoms with Crippen molar-refractivity contribution in [1.29, 1.82) is 0 Å². The predicted molar refractivity (Wildman–Crippen MR) is 78.9 cm³/mol. The Balaban J connectivity index is 2.87. The highest BCUT2D eigenvalue weighted by molar-refractivity contribution is 6.39. The first kappa shape index (κ1) is 16.0. The van der Waals surface area contributed by atoms with Crippen molar-refractivity contribution in [2.75, 3.05) is 19.0 Å². The van der Waals surface area contributed by atoms with Gasteiger partial charge in [-0.2, -0.15) is 0 Å². The zero-order valence-electron chi connectivity index (χ0n) is 12.7. The van der Waals surface area contributed by atoms with E-state index >= 15 is 0 Å². The highest BCUT2D eigenvalue weighted by atomic mass is 16.5. The topological polar surface area (TPSA) is 58.6 Å². The van der Waals surface area contributed by atoms with E-state index in [0.29, 0.717) is 18.0 Å². The fraction of sp³-hybridized carbons (Fsp3) is 0.467. The first-order chi connectivity index (χ1) is 9.36. The number of anilines is 1. The molecule has 0 saturated carbocycles. The van der Waals surface area contributed by atoms with Gasteiger partial charge in [-0.05, 0) is 45.4 Å². The van der Waals surface area contributed by atoms with Crippen molar-refractivity contribution < 1.29 is 14.3 Å². The van der Waals surface area contributed by atoms with Gasteiger partial charge in [0.2, 0.25) is 0 Å². The fourth-order valence-electron chi connectivity index (χ4n) is 1.58. The fourth-order valence-corrected chi connectivity index (χ4v) is 1.58. The third-order valence-electron chi connectivity index (χ3n) is 2.97. The normalized spacial score (nSPS) is 10.3. The number of aryl methyl sites for hydroxylation is 1. The molecule has 0 unspecified atom stereocenters. The van der Waals surface area contributed by atoms with Gasteiger partial charge in [0, 0.05) is 13.1 Å². The minimum atomic E-state index is -0.661. The zero-order valence-corrected chi connectivity index (χ0v) is 12.7. The molecule has 0 saturated heterocycles. The Kier molecular flexibility index (Phi) is 5.55. The molecule has 0 radical (unpaired) electrons. The van der Waals surface area contributed by atoms with E-state index in [0.717, 1.165) is 5.56 Å². The van der Waals surface area contributed by atoms with Crippen molar-refractivity contribution in [3.05, 3.63) is 23.8 Å². The summed E-state index contributed by atoms with van der Waals surface area (Å²) >= 11 is 0. The summed E-state index contributed by atoms with van der Waals surface area (Å²) in [6, 6.07) is 5.39. The maximum Gasteiger partial charge on any atom is 0.314 e. The molecule has 0 aromatic heterocycles. The molecule has 1 aromatic carbocycles. The molecular formula is C15H22N2O3. The van der Waals surface area contributed by atoms with E-state index in [2.05, 4.69) is 5.32 Å². The summed E-state index contributed by atoms with van der Waals surface area (Å²) in [5, 5.41) is 2.60. The Bertz CT molecular complexity index is 498. The van der Waals surface area contributed by atoms with Crippen molar-refractivity contribution in [2.45, 2.75) is 33.7 Å². The number of nitrogens with one attached hydrogen (secondary N) is 1. The van der Waals surface area contributed by atoms with Gasteiger partial charge in [-0.25, -0.2) is 0 Å². The van der Waals surface area contributed by atoms with Gasteiger partial charge in [0.25, 0.3) is 0 Å². The number of hydrogen-bond acceptors (Lipinski definition) is 3. The predicted octanol–water partition coefficient (Wildman–Crippen LogP) is 2.20. The molecule has 0 heterocycles. The van der Waals surface area contributed by atoms with Crippen LogP contribution in [-0.4, -0.2) is 36.4 Å². The molecule has 0 aliphatic heterocycles. The standard InChI is InChI=1S/C15H22N2O3/c1-6-20-13-9-11(4)7-8-12(13)16-14(18)15(19)17(5)10(2)3/h7-10H,6H2,1-5H3,(H,16,18). The Morgan fingerprint density at radius 2 is 2.00 bits per heavy atom. The monoisotopic (exact) mass is 278 g/mol. The SMILES string of the molecule is CCOc1cc(C)ccc1NC(=O)C(=O)N(C)C(C)C. The van der Waals surface area contributed by atoms with E-state index in [4.69, 9.17) is 4.74 Å². The van der Waals surface area contributed by atoms with Crippen molar-refractivity contribution in [2.24, 2.45) is 0 Å². The van der Waals surface area contributed by atoms with E-state index < -0.39 is 11.8 Å². The summed E-state index contributed by atoms with van der Waals surface area (Å²) in [6.45, 7) is 8.00. The van der Waals surface area contributed by atoms with Gasteiger partial charge in [0.15, 0.2) is 0 Å². The first-order valence-electron chi connectivity index (χ1n) is 6.68. The number of rotatable bonds is 4. The van der Waals surface area contributed by atoms with Crippen molar-refractivity contribution in [3.8, 4) is 5.75 Å². The van der Waals surface area contributed by atoms with Crippen molar-refractivity contribution >= 4 is 17.5 Å². The second-order valence-electron chi connectivity index (χ2n) is 4.90. The molecule has 1 rings (SSSR count). The van der Waals surface area contributed by atoms with E-state index in [1.807, 2.05) is 39.8 Å². The minimum absolute atomic E-state index is 0.0300. The van der Waals surface area contributed by atoms with Gasteiger partial charge in [0.05, 0.1) is 12.3 Å². The maximum atomic E-state index is 11.9. The van der Waals surface area contributed by atoms with Crippen LogP contribution in [0.5, 0.6) is 5.75 Å². The molecule has 0 atom stereocenters.